The van der Waals surface area contributed by atoms with E-state index in [0.29, 0.717) is 13.1 Å². The highest BCUT2D eigenvalue weighted by molar-refractivity contribution is 5.92. The van der Waals surface area contributed by atoms with E-state index in [-0.39, 0.29) is 17.7 Å². The standard InChI is InChI=1S/C14H14N6O/c15-14-17-12(18-19-14)13(21)20-6-5-11-9(7-20)8-3-1-2-4-10(8)16-11/h1-4,16H,5-7H2,(H3,15,17,18,19). The number of H-pyrrole nitrogens is 2. The molecule has 0 fully saturated rings. The van der Waals surface area contributed by atoms with E-state index >= 15 is 0 Å². The lowest BCUT2D eigenvalue weighted by Crippen LogP contribution is -2.36. The number of rotatable bonds is 1. The summed E-state index contributed by atoms with van der Waals surface area (Å²) in [4.78, 5) is 21.5. The Hall–Kier alpha value is -2.83. The second-order valence-electron chi connectivity index (χ2n) is 5.15. The van der Waals surface area contributed by atoms with Crippen LogP contribution < -0.4 is 5.73 Å². The number of benzene rings is 1. The molecular formula is C14H14N6O. The molecule has 0 aliphatic carbocycles. The Labute approximate surface area is 120 Å². The number of hydrogen-bond acceptors (Lipinski definition) is 4. The van der Waals surface area contributed by atoms with E-state index in [1.807, 2.05) is 12.1 Å². The van der Waals surface area contributed by atoms with Crippen molar-refractivity contribution in [2.75, 3.05) is 12.3 Å². The third kappa shape index (κ3) is 1.85. The van der Waals surface area contributed by atoms with Crippen LogP contribution >= 0.6 is 0 Å². The normalized spacial score (nSPS) is 14.4. The molecular weight excluding hydrogens is 268 g/mol. The SMILES string of the molecule is Nc1n[nH]c(C(=O)N2CCc3[nH]c4ccccc4c3C2)n1. The molecule has 0 unspecified atom stereocenters. The van der Waals surface area contributed by atoms with Gasteiger partial charge >= 0.3 is 0 Å². The molecule has 2 aromatic heterocycles. The maximum atomic E-state index is 12.4. The molecule has 21 heavy (non-hydrogen) atoms. The summed E-state index contributed by atoms with van der Waals surface area (Å²) in [6, 6.07) is 8.14. The molecule has 4 N–H and O–H groups in total. The second kappa shape index (κ2) is 4.34. The van der Waals surface area contributed by atoms with Crippen molar-refractivity contribution in [1.29, 1.82) is 0 Å². The van der Waals surface area contributed by atoms with Crippen molar-refractivity contribution in [2.24, 2.45) is 0 Å². The Morgan fingerprint density at radius 3 is 3.00 bits per heavy atom. The number of nitrogens with one attached hydrogen (secondary N) is 2. The van der Waals surface area contributed by atoms with Crippen LogP contribution in [0.3, 0.4) is 0 Å². The molecule has 0 saturated carbocycles. The van der Waals surface area contributed by atoms with Gasteiger partial charge in [0.15, 0.2) is 0 Å². The third-order valence-corrected chi connectivity index (χ3v) is 3.88. The summed E-state index contributed by atoms with van der Waals surface area (Å²) in [5.74, 6) is 0.106. The van der Waals surface area contributed by atoms with Crippen molar-refractivity contribution < 1.29 is 4.79 Å². The van der Waals surface area contributed by atoms with Crippen LogP contribution in [-0.4, -0.2) is 37.5 Å². The number of amides is 1. The molecule has 1 aliphatic heterocycles. The number of fused-ring (bicyclic) bond motifs is 3. The molecule has 106 valence electrons. The van der Waals surface area contributed by atoms with Gasteiger partial charge in [0.1, 0.15) is 0 Å². The number of nitrogens with two attached hydrogens (primary N) is 1. The van der Waals surface area contributed by atoms with Crippen molar-refractivity contribution in [1.82, 2.24) is 25.1 Å². The largest absolute Gasteiger partial charge is 0.366 e. The van der Waals surface area contributed by atoms with Crippen molar-refractivity contribution in [3.8, 4) is 0 Å². The van der Waals surface area contributed by atoms with E-state index < -0.39 is 0 Å². The van der Waals surface area contributed by atoms with Gasteiger partial charge in [-0.1, -0.05) is 18.2 Å². The molecule has 0 spiro atoms. The molecule has 7 nitrogen and oxygen atoms in total. The van der Waals surface area contributed by atoms with Gasteiger partial charge < -0.3 is 15.6 Å². The Balaban J connectivity index is 1.68. The van der Waals surface area contributed by atoms with E-state index in [0.717, 1.165) is 11.9 Å². The lowest BCUT2D eigenvalue weighted by Gasteiger charge is -2.26. The quantitative estimate of drug-likeness (QED) is 0.621. The Bertz CT molecular complexity index is 833. The average Bonchev–Trinajstić information content (AvgIpc) is 3.09. The van der Waals surface area contributed by atoms with Gasteiger partial charge in [-0.3, -0.25) is 9.89 Å². The van der Waals surface area contributed by atoms with Crippen LogP contribution in [0.25, 0.3) is 10.9 Å². The molecule has 7 heteroatoms. The molecule has 3 aromatic rings. The summed E-state index contributed by atoms with van der Waals surface area (Å²) in [5, 5.41) is 7.45. The zero-order valence-electron chi connectivity index (χ0n) is 11.3. The third-order valence-electron chi connectivity index (χ3n) is 3.88. The number of anilines is 1. The molecule has 0 bridgehead atoms. The first-order valence-corrected chi connectivity index (χ1v) is 6.78. The van der Waals surface area contributed by atoms with Gasteiger partial charge in [0, 0.05) is 41.7 Å². The highest BCUT2D eigenvalue weighted by atomic mass is 16.2. The van der Waals surface area contributed by atoms with E-state index in [2.05, 4.69) is 32.3 Å². The fraction of sp³-hybridized carbons (Fsp3) is 0.214. The molecule has 1 aromatic carbocycles. The number of hydrogen-bond donors (Lipinski definition) is 3. The zero-order chi connectivity index (χ0) is 14.4. The minimum Gasteiger partial charge on any atom is -0.366 e. The lowest BCUT2D eigenvalue weighted by atomic mass is 10.0. The van der Waals surface area contributed by atoms with Gasteiger partial charge in [0.2, 0.25) is 11.8 Å². The number of carbonyl (C=O) groups excluding carboxylic acids is 1. The summed E-state index contributed by atoms with van der Waals surface area (Å²) < 4.78 is 0. The Morgan fingerprint density at radius 1 is 1.33 bits per heavy atom. The minimum atomic E-state index is -0.171. The van der Waals surface area contributed by atoms with Crippen molar-refractivity contribution in [3.63, 3.8) is 0 Å². The number of para-hydroxylation sites is 1. The topological polar surface area (TPSA) is 104 Å². The highest BCUT2D eigenvalue weighted by Gasteiger charge is 2.26. The Morgan fingerprint density at radius 2 is 2.19 bits per heavy atom. The minimum absolute atomic E-state index is 0.0862. The van der Waals surface area contributed by atoms with Gasteiger partial charge in [-0.15, -0.1) is 5.10 Å². The van der Waals surface area contributed by atoms with E-state index in [9.17, 15) is 4.79 Å². The molecule has 1 aliphatic rings. The Kier molecular flexibility index (Phi) is 2.47. The number of nitrogens with zero attached hydrogens (tertiary/aromatic N) is 3. The zero-order valence-corrected chi connectivity index (χ0v) is 11.3. The predicted octanol–water partition coefficient (Wildman–Crippen LogP) is 1.07. The summed E-state index contributed by atoms with van der Waals surface area (Å²) in [7, 11) is 0. The molecule has 3 heterocycles. The maximum absolute atomic E-state index is 12.4. The molecule has 0 radical (unpaired) electrons. The highest BCUT2D eigenvalue weighted by Crippen LogP contribution is 2.27. The lowest BCUT2D eigenvalue weighted by molar-refractivity contribution is 0.0723. The molecule has 0 saturated heterocycles. The average molecular weight is 282 g/mol. The van der Waals surface area contributed by atoms with Crippen molar-refractivity contribution in [2.45, 2.75) is 13.0 Å². The summed E-state index contributed by atoms with van der Waals surface area (Å²) in [5.41, 5.74) is 8.95. The monoisotopic (exact) mass is 282 g/mol. The first-order chi connectivity index (χ1) is 10.2. The van der Waals surface area contributed by atoms with Crippen LogP contribution in [0.5, 0.6) is 0 Å². The van der Waals surface area contributed by atoms with Gasteiger partial charge in [-0.05, 0) is 6.07 Å². The smallest absolute Gasteiger partial charge is 0.291 e. The van der Waals surface area contributed by atoms with Gasteiger partial charge in [-0.2, -0.15) is 4.98 Å². The number of aromatic nitrogens is 4. The molecule has 1 amide bonds. The van der Waals surface area contributed by atoms with Crippen LogP contribution in [0.1, 0.15) is 21.9 Å². The summed E-state index contributed by atoms with van der Waals surface area (Å²) in [6.45, 7) is 1.22. The summed E-state index contributed by atoms with van der Waals surface area (Å²) in [6.07, 6.45) is 0.805. The molecule has 0 atom stereocenters. The van der Waals surface area contributed by atoms with Crippen LogP contribution in [0.4, 0.5) is 5.95 Å². The number of aromatic amines is 2. The fourth-order valence-corrected chi connectivity index (χ4v) is 2.86. The summed E-state index contributed by atoms with van der Waals surface area (Å²) >= 11 is 0. The number of nitrogen functional groups attached to an aromatic ring is 1. The van der Waals surface area contributed by atoms with Gasteiger partial charge in [0.05, 0.1) is 0 Å². The van der Waals surface area contributed by atoms with Crippen molar-refractivity contribution in [3.05, 3.63) is 41.3 Å². The van der Waals surface area contributed by atoms with E-state index in [1.165, 1.54) is 16.6 Å². The van der Waals surface area contributed by atoms with Crippen LogP contribution in [-0.2, 0) is 13.0 Å². The predicted molar refractivity (Wildman–Crippen MR) is 77.5 cm³/mol. The van der Waals surface area contributed by atoms with E-state index in [4.69, 9.17) is 5.73 Å². The molecule has 4 rings (SSSR count). The van der Waals surface area contributed by atoms with E-state index in [1.54, 1.807) is 4.90 Å². The van der Waals surface area contributed by atoms with Crippen LogP contribution in [0.2, 0.25) is 0 Å². The van der Waals surface area contributed by atoms with Gasteiger partial charge in [-0.25, -0.2) is 0 Å². The van der Waals surface area contributed by atoms with Gasteiger partial charge in [0.25, 0.3) is 5.91 Å². The first kappa shape index (κ1) is 12.0. The maximum Gasteiger partial charge on any atom is 0.291 e. The van der Waals surface area contributed by atoms with Crippen molar-refractivity contribution >= 4 is 22.8 Å². The number of carbonyl (C=O) groups is 1. The van der Waals surface area contributed by atoms with Crippen LogP contribution in [0.15, 0.2) is 24.3 Å². The van der Waals surface area contributed by atoms with Crippen LogP contribution in [0, 0.1) is 0 Å². The first-order valence-electron chi connectivity index (χ1n) is 6.78. The second-order valence-corrected chi connectivity index (χ2v) is 5.15. The fourth-order valence-electron chi connectivity index (χ4n) is 2.86.